The van der Waals surface area contributed by atoms with E-state index in [1.807, 2.05) is 25.1 Å². The van der Waals surface area contributed by atoms with E-state index in [-0.39, 0.29) is 22.7 Å². The molecule has 4 rings (SSSR count). The lowest BCUT2D eigenvalue weighted by atomic mass is 9.74. The molecule has 152 valence electrons. The smallest absolute Gasteiger partial charge is 0.228 e. The van der Waals surface area contributed by atoms with Crippen LogP contribution in [0.25, 0.3) is 0 Å². The van der Waals surface area contributed by atoms with Crippen molar-refractivity contribution in [3.63, 3.8) is 0 Å². The van der Waals surface area contributed by atoms with Crippen LogP contribution in [-0.4, -0.2) is 34.8 Å². The summed E-state index contributed by atoms with van der Waals surface area (Å²) in [5.74, 6) is 0.622. The molecule has 1 atom stereocenters. The fourth-order valence-corrected chi connectivity index (χ4v) is 5.35. The lowest BCUT2D eigenvalue weighted by Crippen LogP contribution is -2.47. The highest BCUT2D eigenvalue weighted by Crippen LogP contribution is 2.59. The number of piperidine rings is 1. The first kappa shape index (κ1) is 19.4. The van der Waals surface area contributed by atoms with Gasteiger partial charge in [0.2, 0.25) is 11.8 Å². The van der Waals surface area contributed by atoms with Crippen molar-refractivity contribution >= 4 is 11.8 Å². The summed E-state index contributed by atoms with van der Waals surface area (Å²) in [4.78, 5) is 32.2. The Morgan fingerprint density at radius 1 is 1.14 bits per heavy atom. The quantitative estimate of drug-likeness (QED) is 0.864. The lowest BCUT2D eigenvalue weighted by Gasteiger charge is -2.40. The van der Waals surface area contributed by atoms with Gasteiger partial charge in [0.05, 0.1) is 12.2 Å². The summed E-state index contributed by atoms with van der Waals surface area (Å²) >= 11 is 0. The number of hydrogen-bond donors (Lipinski definition) is 1. The summed E-state index contributed by atoms with van der Waals surface area (Å²) in [5, 5.41) is 3.07. The predicted octanol–water partition coefficient (Wildman–Crippen LogP) is 3.61. The van der Waals surface area contributed by atoms with E-state index in [1.54, 1.807) is 0 Å². The van der Waals surface area contributed by atoms with E-state index in [0.29, 0.717) is 12.5 Å². The van der Waals surface area contributed by atoms with Gasteiger partial charge < -0.3 is 10.2 Å². The number of amides is 2. The number of carbonyl (C=O) groups is 2. The van der Waals surface area contributed by atoms with Crippen LogP contribution in [0.4, 0.5) is 0 Å². The molecule has 2 aliphatic carbocycles. The summed E-state index contributed by atoms with van der Waals surface area (Å²) in [5.41, 5.74) is 1.86. The molecule has 28 heavy (non-hydrogen) atoms. The molecule has 0 aromatic carbocycles. The van der Waals surface area contributed by atoms with E-state index in [2.05, 4.69) is 22.1 Å². The molecule has 1 aromatic rings. The van der Waals surface area contributed by atoms with Crippen LogP contribution in [0.1, 0.15) is 69.7 Å². The maximum absolute atomic E-state index is 13.0. The molecule has 3 aliphatic rings. The first-order valence-corrected chi connectivity index (χ1v) is 10.9. The van der Waals surface area contributed by atoms with E-state index >= 15 is 0 Å². The van der Waals surface area contributed by atoms with Crippen molar-refractivity contribution in [2.24, 2.45) is 16.7 Å². The Balaban J connectivity index is 1.27. The Morgan fingerprint density at radius 3 is 2.54 bits per heavy atom. The number of likely N-dealkylation sites (tertiary alicyclic amines) is 1. The summed E-state index contributed by atoms with van der Waals surface area (Å²) < 4.78 is 0. The first-order valence-electron chi connectivity index (χ1n) is 10.9. The topological polar surface area (TPSA) is 62.3 Å². The number of carbonyl (C=O) groups excluding carboxylic acids is 2. The summed E-state index contributed by atoms with van der Waals surface area (Å²) in [6, 6.07) is 5.89. The average molecular weight is 384 g/mol. The van der Waals surface area contributed by atoms with Gasteiger partial charge in [0.25, 0.3) is 0 Å². The Kier molecular flexibility index (Phi) is 5.19. The molecule has 1 aromatic heterocycles. The van der Waals surface area contributed by atoms with Crippen molar-refractivity contribution in [1.82, 2.24) is 15.2 Å². The fraction of sp³-hybridized carbons (Fsp3) is 0.696. The molecule has 1 N–H and O–H groups in total. The largest absolute Gasteiger partial charge is 0.350 e. The average Bonchev–Trinajstić information content (AvgIpc) is 3.40. The van der Waals surface area contributed by atoms with E-state index in [9.17, 15) is 9.59 Å². The van der Waals surface area contributed by atoms with Crippen molar-refractivity contribution in [2.45, 2.75) is 71.8 Å². The number of aromatic nitrogens is 1. The highest BCUT2D eigenvalue weighted by Gasteiger charge is 2.59. The molecule has 1 spiro atoms. The molecular weight excluding hydrogens is 350 g/mol. The molecule has 5 nitrogen and oxygen atoms in total. The van der Waals surface area contributed by atoms with Crippen LogP contribution in [0.15, 0.2) is 18.2 Å². The lowest BCUT2D eigenvalue weighted by molar-refractivity contribution is -0.144. The summed E-state index contributed by atoms with van der Waals surface area (Å²) in [7, 11) is 0. The van der Waals surface area contributed by atoms with Crippen LogP contribution >= 0.6 is 0 Å². The summed E-state index contributed by atoms with van der Waals surface area (Å²) in [6.45, 7) is 6.25. The van der Waals surface area contributed by atoms with E-state index in [0.717, 1.165) is 56.6 Å². The molecule has 3 fully saturated rings. The number of nitrogens with one attached hydrogen (secondary N) is 1. The Hall–Kier alpha value is -1.91. The number of pyridine rings is 1. The molecule has 0 bridgehead atoms. The maximum Gasteiger partial charge on any atom is 0.228 e. The molecule has 2 heterocycles. The Bertz CT molecular complexity index is 746. The molecule has 0 radical (unpaired) electrons. The fourth-order valence-electron chi connectivity index (χ4n) is 5.35. The third-order valence-corrected chi connectivity index (χ3v) is 7.42. The number of hydrogen-bond acceptors (Lipinski definition) is 3. The minimum absolute atomic E-state index is 0.111. The van der Waals surface area contributed by atoms with Crippen molar-refractivity contribution in [1.29, 1.82) is 0 Å². The molecule has 2 amide bonds. The highest BCUT2D eigenvalue weighted by molar-refractivity contribution is 5.84. The first-order chi connectivity index (χ1) is 13.4. The number of nitrogens with zero attached hydrogens (tertiary/aromatic N) is 2. The minimum atomic E-state index is -0.149. The maximum atomic E-state index is 13.0. The number of rotatable bonds is 4. The van der Waals surface area contributed by atoms with Gasteiger partial charge in [0, 0.05) is 30.1 Å². The van der Waals surface area contributed by atoms with Gasteiger partial charge in [0.1, 0.15) is 0 Å². The van der Waals surface area contributed by atoms with Gasteiger partial charge in [-0.15, -0.1) is 0 Å². The molecule has 1 unspecified atom stereocenters. The van der Waals surface area contributed by atoms with Crippen molar-refractivity contribution < 1.29 is 9.59 Å². The van der Waals surface area contributed by atoms with Crippen LogP contribution < -0.4 is 5.32 Å². The van der Waals surface area contributed by atoms with Crippen molar-refractivity contribution in [3.8, 4) is 0 Å². The number of aryl methyl sites for hydroxylation is 1. The standard InChI is InChI=1S/C23H33N3O2/c1-17-7-6-8-18(25-17)16-24-20(27)19-15-23(19)11-13-26(14-12-23)21(28)22(2)9-4-3-5-10-22/h6-8,19H,3-5,9-16H2,1-2H3,(H,24,27). The second kappa shape index (κ2) is 7.49. The van der Waals surface area contributed by atoms with Gasteiger partial charge in [-0.1, -0.05) is 32.3 Å². The van der Waals surface area contributed by atoms with Gasteiger partial charge in [-0.05, 0) is 56.6 Å². The molecule has 1 aliphatic heterocycles. The van der Waals surface area contributed by atoms with Crippen LogP contribution in [0.3, 0.4) is 0 Å². The zero-order valence-corrected chi connectivity index (χ0v) is 17.3. The Labute approximate surface area is 168 Å². The molecular formula is C23H33N3O2. The molecule has 2 saturated carbocycles. The molecule has 1 saturated heterocycles. The van der Waals surface area contributed by atoms with Crippen LogP contribution in [0.5, 0.6) is 0 Å². The zero-order valence-electron chi connectivity index (χ0n) is 17.3. The van der Waals surface area contributed by atoms with Gasteiger partial charge in [-0.3, -0.25) is 14.6 Å². The van der Waals surface area contributed by atoms with Crippen molar-refractivity contribution in [2.75, 3.05) is 13.1 Å². The van der Waals surface area contributed by atoms with Crippen LogP contribution in [-0.2, 0) is 16.1 Å². The summed E-state index contributed by atoms with van der Waals surface area (Å²) in [6.07, 6.45) is 8.60. The highest BCUT2D eigenvalue weighted by atomic mass is 16.2. The second-order valence-corrected chi connectivity index (χ2v) is 9.52. The zero-order chi connectivity index (χ0) is 19.8. The third-order valence-electron chi connectivity index (χ3n) is 7.42. The SMILES string of the molecule is Cc1cccc(CNC(=O)C2CC23CCN(C(=O)C2(C)CCCCC2)CC3)n1. The van der Waals surface area contributed by atoms with Gasteiger partial charge in [0.15, 0.2) is 0 Å². The third kappa shape index (κ3) is 3.81. The minimum Gasteiger partial charge on any atom is -0.350 e. The second-order valence-electron chi connectivity index (χ2n) is 9.52. The van der Waals surface area contributed by atoms with Gasteiger partial charge >= 0.3 is 0 Å². The van der Waals surface area contributed by atoms with Crippen LogP contribution in [0.2, 0.25) is 0 Å². The normalized spacial score (nSPS) is 25.4. The van der Waals surface area contributed by atoms with Crippen molar-refractivity contribution in [3.05, 3.63) is 29.6 Å². The van der Waals surface area contributed by atoms with Gasteiger partial charge in [-0.2, -0.15) is 0 Å². The van der Waals surface area contributed by atoms with E-state index < -0.39 is 0 Å². The van der Waals surface area contributed by atoms with E-state index in [1.165, 1.54) is 19.3 Å². The monoisotopic (exact) mass is 383 g/mol. The van der Waals surface area contributed by atoms with Gasteiger partial charge in [-0.25, -0.2) is 0 Å². The van der Waals surface area contributed by atoms with E-state index in [4.69, 9.17) is 0 Å². The molecule has 5 heteroatoms. The predicted molar refractivity (Wildman–Crippen MR) is 108 cm³/mol. The van der Waals surface area contributed by atoms with Crippen LogP contribution in [0, 0.1) is 23.7 Å². The Morgan fingerprint density at radius 2 is 1.86 bits per heavy atom.